The Morgan fingerprint density at radius 2 is 1.92 bits per heavy atom. The number of nitrogens with zero attached hydrogens (tertiary/aromatic N) is 5. The highest BCUT2D eigenvalue weighted by Crippen LogP contribution is 2.28. The van der Waals surface area contributed by atoms with E-state index in [1.54, 1.807) is 43.7 Å². The van der Waals surface area contributed by atoms with Crippen LogP contribution in [0.2, 0.25) is 0 Å². The summed E-state index contributed by atoms with van der Waals surface area (Å²) in [6, 6.07) is 7.06. The zero-order chi connectivity index (χ0) is 25.4. The van der Waals surface area contributed by atoms with E-state index in [2.05, 4.69) is 20.4 Å². The van der Waals surface area contributed by atoms with Gasteiger partial charge >= 0.3 is 0 Å². The summed E-state index contributed by atoms with van der Waals surface area (Å²) in [7, 11) is 1.54. The fourth-order valence-corrected chi connectivity index (χ4v) is 4.11. The molecule has 182 valence electrons. The average molecular weight is 490 g/mol. The van der Waals surface area contributed by atoms with Crippen LogP contribution in [0.4, 0.5) is 4.39 Å². The van der Waals surface area contributed by atoms with E-state index in [9.17, 15) is 23.6 Å². The van der Waals surface area contributed by atoms with E-state index in [0.717, 1.165) is 22.1 Å². The van der Waals surface area contributed by atoms with Crippen LogP contribution in [0.15, 0.2) is 59.0 Å². The van der Waals surface area contributed by atoms with Gasteiger partial charge in [-0.3, -0.25) is 34.4 Å². The van der Waals surface area contributed by atoms with Crippen LogP contribution in [0.1, 0.15) is 18.7 Å². The first-order valence-electron chi connectivity index (χ1n) is 11.0. The molecular weight excluding hydrogens is 471 g/mol. The fourth-order valence-electron chi connectivity index (χ4n) is 4.11. The second-order valence-corrected chi connectivity index (χ2v) is 8.31. The molecule has 36 heavy (non-hydrogen) atoms. The van der Waals surface area contributed by atoms with E-state index in [4.69, 9.17) is 4.52 Å². The number of amides is 4. The Morgan fingerprint density at radius 1 is 1.14 bits per heavy atom. The molecule has 1 aromatic carbocycles. The minimum absolute atomic E-state index is 0.0234. The van der Waals surface area contributed by atoms with Crippen LogP contribution in [0.5, 0.6) is 0 Å². The van der Waals surface area contributed by atoms with Gasteiger partial charge in [0.05, 0.1) is 12.1 Å². The highest BCUT2D eigenvalue weighted by Gasteiger charge is 2.43. The predicted molar refractivity (Wildman–Crippen MR) is 120 cm³/mol. The third-order valence-electron chi connectivity index (χ3n) is 5.93. The molecule has 4 amide bonds. The van der Waals surface area contributed by atoms with E-state index in [1.807, 2.05) is 0 Å². The quantitative estimate of drug-likeness (QED) is 0.508. The monoisotopic (exact) mass is 490 g/mol. The second kappa shape index (κ2) is 9.13. The predicted octanol–water partition coefficient (Wildman–Crippen LogP) is 1.43. The minimum atomic E-state index is -1.06. The largest absolute Gasteiger partial charge is 0.361 e. The van der Waals surface area contributed by atoms with Gasteiger partial charge in [0.15, 0.2) is 0 Å². The maximum absolute atomic E-state index is 14.6. The lowest BCUT2D eigenvalue weighted by atomic mass is 10.0. The molecule has 1 unspecified atom stereocenters. The third kappa shape index (κ3) is 4.24. The summed E-state index contributed by atoms with van der Waals surface area (Å²) < 4.78 is 19.8. The molecule has 11 nitrogen and oxygen atoms in total. The Kier molecular flexibility index (Phi) is 5.84. The molecule has 0 aliphatic carbocycles. The highest BCUT2D eigenvalue weighted by molar-refractivity contribution is 6.18. The summed E-state index contributed by atoms with van der Waals surface area (Å²) in [5.74, 6) is -2.89. The first-order chi connectivity index (χ1) is 17.3. The third-order valence-corrected chi connectivity index (χ3v) is 5.93. The number of halogens is 1. The van der Waals surface area contributed by atoms with E-state index in [-0.39, 0.29) is 42.4 Å². The van der Waals surface area contributed by atoms with Gasteiger partial charge in [-0.15, -0.1) is 0 Å². The van der Waals surface area contributed by atoms with Crippen LogP contribution in [-0.4, -0.2) is 61.6 Å². The fraction of sp³-hybridized carbons (Fsp3) is 0.208. The number of hydrogen-bond donors (Lipinski definition) is 1. The van der Waals surface area contributed by atoms with Crippen LogP contribution in [-0.2, 0) is 25.7 Å². The standard InChI is InChI=1S/C24H19FN6O5/c1-30(18-11-21(33)31(24(18)35)17-4-5-19(32)27-23(17)34)12-20-28-22(29-36-20)15-10-14(2-3-16(15)25)13-6-8-26-9-7-13/h2-3,6-11,17H,4-5,12H2,1H3,(H,27,32,34). The van der Waals surface area contributed by atoms with Gasteiger partial charge in [0.2, 0.25) is 23.5 Å². The van der Waals surface area contributed by atoms with Gasteiger partial charge in [0.1, 0.15) is 17.6 Å². The number of piperidine rings is 1. The average Bonchev–Trinajstić information content (AvgIpc) is 3.44. The molecule has 5 rings (SSSR count). The van der Waals surface area contributed by atoms with Crippen molar-refractivity contribution in [2.24, 2.45) is 0 Å². The van der Waals surface area contributed by atoms with Crippen molar-refractivity contribution in [1.29, 1.82) is 0 Å². The molecule has 3 aromatic rings. The number of imide groups is 2. The lowest BCUT2D eigenvalue weighted by molar-refractivity contribution is -0.150. The van der Waals surface area contributed by atoms with Gasteiger partial charge in [0, 0.05) is 31.9 Å². The van der Waals surface area contributed by atoms with Gasteiger partial charge in [-0.05, 0) is 41.8 Å². The minimum Gasteiger partial charge on any atom is -0.361 e. The highest BCUT2D eigenvalue weighted by atomic mass is 19.1. The number of carbonyl (C=O) groups is 4. The molecule has 2 aliphatic rings. The number of likely N-dealkylation sites (N-methyl/N-ethyl adjacent to an activating group) is 1. The van der Waals surface area contributed by atoms with Crippen LogP contribution in [0, 0.1) is 5.82 Å². The van der Waals surface area contributed by atoms with Crippen molar-refractivity contribution in [3.8, 4) is 22.5 Å². The number of hydrogen-bond acceptors (Lipinski definition) is 9. The van der Waals surface area contributed by atoms with Crippen LogP contribution in [0.3, 0.4) is 0 Å². The number of pyridine rings is 1. The molecular formula is C24H19FN6O5. The smallest absolute Gasteiger partial charge is 0.277 e. The lowest BCUT2D eigenvalue weighted by Crippen LogP contribution is -2.54. The number of rotatable bonds is 6. The van der Waals surface area contributed by atoms with Gasteiger partial charge in [-0.1, -0.05) is 11.2 Å². The van der Waals surface area contributed by atoms with Crippen molar-refractivity contribution in [3.63, 3.8) is 0 Å². The van der Waals surface area contributed by atoms with Crippen LogP contribution >= 0.6 is 0 Å². The molecule has 4 heterocycles. The molecule has 0 radical (unpaired) electrons. The molecule has 1 N–H and O–H groups in total. The Hall–Kier alpha value is -4.74. The van der Waals surface area contributed by atoms with Crippen LogP contribution < -0.4 is 5.32 Å². The molecule has 2 aliphatic heterocycles. The summed E-state index contributed by atoms with van der Waals surface area (Å²) >= 11 is 0. The van der Waals surface area contributed by atoms with Crippen molar-refractivity contribution in [1.82, 2.24) is 30.2 Å². The van der Waals surface area contributed by atoms with Crippen molar-refractivity contribution in [2.75, 3.05) is 7.05 Å². The summed E-state index contributed by atoms with van der Waals surface area (Å²) in [5, 5.41) is 6.01. The Labute approximate surface area is 203 Å². The van der Waals surface area contributed by atoms with E-state index >= 15 is 0 Å². The topological polar surface area (TPSA) is 139 Å². The number of carbonyl (C=O) groups excluding carboxylic acids is 4. The van der Waals surface area contributed by atoms with Crippen molar-refractivity contribution < 1.29 is 28.1 Å². The van der Waals surface area contributed by atoms with Gasteiger partial charge in [-0.2, -0.15) is 4.98 Å². The normalized spacial score (nSPS) is 17.9. The SMILES string of the molecule is CN(Cc1nc(-c2cc(-c3ccncc3)ccc2F)no1)C1=CC(=O)N(C2CCC(=O)NC2=O)C1=O. The Balaban J connectivity index is 1.32. The molecule has 1 saturated heterocycles. The zero-order valence-electron chi connectivity index (χ0n) is 19.0. The van der Waals surface area contributed by atoms with Crippen molar-refractivity contribution in [3.05, 3.63) is 66.2 Å². The summed E-state index contributed by atoms with van der Waals surface area (Å²) in [6.07, 6.45) is 4.46. The number of nitrogens with one attached hydrogen (secondary N) is 1. The molecule has 0 bridgehead atoms. The molecule has 2 aromatic heterocycles. The zero-order valence-corrected chi connectivity index (χ0v) is 19.0. The van der Waals surface area contributed by atoms with E-state index in [0.29, 0.717) is 0 Å². The summed E-state index contributed by atoms with van der Waals surface area (Å²) in [5.41, 5.74) is 1.74. The lowest BCUT2D eigenvalue weighted by Gasteiger charge is -2.29. The maximum Gasteiger partial charge on any atom is 0.277 e. The van der Waals surface area contributed by atoms with E-state index < -0.39 is 35.5 Å². The first-order valence-corrected chi connectivity index (χ1v) is 11.0. The van der Waals surface area contributed by atoms with Crippen LogP contribution in [0.25, 0.3) is 22.5 Å². The van der Waals surface area contributed by atoms with Crippen molar-refractivity contribution >= 4 is 23.6 Å². The molecule has 1 fully saturated rings. The summed E-state index contributed by atoms with van der Waals surface area (Å²) in [6.45, 7) is -0.0489. The van der Waals surface area contributed by atoms with Crippen molar-refractivity contribution in [2.45, 2.75) is 25.4 Å². The number of aromatic nitrogens is 3. The Morgan fingerprint density at radius 3 is 2.67 bits per heavy atom. The molecule has 12 heteroatoms. The van der Waals surface area contributed by atoms with Gasteiger partial charge in [-0.25, -0.2) is 4.39 Å². The molecule has 0 spiro atoms. The molecule has 0 saturated carbocycles. The Bertz CT molecular complexity index is 1420. The summed E-state index contributed by atoms with van der Waals surface area (Å²) in [4.78, 5) is 59.5. The number of benzene rings is 1. The second-order valence-electron chi connectivity index (χ2n) is 8.31. The van der Waals surface area contributed by atoms with Gasteiger partial charge in [0.25, 0.3) is 11.8 Å². The molecule has 1 atom stereocenters. The van der Waals surface area contributed by atoms with Gasteiger partial charge < -0.3 is 9.42 Å². The van der Waals surface area contributed by atoms with E-state index in [1.165, 1.54) is 11.0 Å². The first kappa shape index (κ1) is 23.0. The maximum atomic E-state index is 14.6.